The summed E-state index contributed by atoms with van der Waals surface area (Å²) in [6.45, 7) is 0.739. The molecule has 0 aromatic carbocycles. The Balaban J connectivity index is 1.90. The molecule has 5 nitrogen and oxygen atoms in total. The van der Waals surface area contributed by atoms with E-state index in [0.717, 1.165) is 31.5 Å². The number of aryl methyl sites for hydroxylation is 1. The van der Waals surface area contributed by atoms with Gasteiger partial charge >= 0.3 is 5.97 Å². The monoisotopic (exact) mass is 290 g/mol. The fourth-order valence-electron chi connectivity index (χ4n) is 2.74. The van der Waals surface area contributed by atoms with Gasteiger partial charge in [0.1, 0.15) is 0 Å². The molecule has 2 heterocycles. The number of likely N-dealkylation sites (tertiary alicyclic amines) is 1. The number of methoxy groups -OCH3 is 1. The van der Waals surface area contributed by atoms with E-state index in [1.54, 1.807) is 6.20 Å². The number of carbonyl (C=O) groups excluding carboxylic acids is 2. The van der Waals surface area contributed by atoms with Crippen LogP contribution in [0.3, 0.4) is 0 Å². The second-order valence-corrected chi connectivity index (χ2v) is 5.34. The first-order chi connectivity index (χ1) is 10.2. The molecule has 0 saturated carbocycles. The van der Waals surface area contributed by atoms with Crippen molar-refractivity contribution in [1.82, 2.24) is 9.88 Å². The lowest BCUT2D eigenvalue weighted by Gasteiger charge is -2.35. The van der Waals surface area contributed by atoms with Crippen LogP contribution in [0.15, 0.2) is 24.4 Å². The Morgan fingerprint density at radius 1 is 1.38 bits per heavy atom. The van der Waals surface area contributed by atoms with Gasteiger partial charge in [0.2, 0.25) is 5.91 Å². The smallest absolute Gasteiger partial charge is 0.307 e. The molecule has 0 bridgehead atoms. The highest BCUT2D eigenvalue weighted by atomic mass is 16.5. The van der Waals surface area contributed by atoms with E-state index in [2.05, 4.69) is 4.98 Å². The molecule has 21 heavy (non-hydrogen) atoms. The van der Waals surface area contributed by atoms with Crippen molar-refractivity contribution >= 4 is 11.9 Å². The SMILES string of the molecule is COC(=O)CC1CCCCN1C(=O)CCc1ccccn1. The first-order valence-corrected chi connectivity index (χ1v) is 7.47. The van der Waals surface area contributed by atoms with Crippen LogP contribution in [0.2, 0.25) is 0 Å². The van der Waals surface area contributed by atoms with Gasteiger partial charge in [-0.2, -0.15) is 0 Å². The summed E-state index contributed by atoms with van der Waals surface area (Å²) in [5.74, 6) is -0.140. The van der Waals surface area contributed by atoms with Gasteiger partial charge in [-0.25, -0.2) is 0 Å². The summed E-state index contributed by atoms with van der Waals surface area (Å²) in [6, 6.07) is 5.70. The van der Waals surface area contributed by atoms with Crippen LogP contribution < -0.4 is 0 Å². The molecular weight excluding hydrogens is 268 g/mol. The van der Waals surface area contributed by atoms with Gasteiger partial charge in [0.15, 0.2) is 0 Å². The highest BCUT2D eigenvalue weighted by Gasteiger charge is 2.28. The van der Waals surface area contributed by atoms with Crippen molar-refractivity contribution in [1.29, 1.82) is 0 Å². The Labute approximate surface area is 125 Å². The second kappa shape index (κ2) is 7.76. The molecule has 2 rings (SSSR count). The van der Waals surface area contributed by atoms with Gasteiger partial charge in [-0.15, -0.1) is 0 Å². The zero-order valence-corrected chi connectivity index (χ0v) is 12.5. The van der Waals surface area contributed by atoms with Gasteiger partial charge in [-0.05, 0) is 37.8 Å². The molecule has 1 aliphatic rings. The molecule has 0 radical (unpaired) electrons. The van der Waals surface area contributed by atoms with E-state index in [9.17, 15) is 9.59 Å². The van der Waals surface area contributed by atoms with Crippen molar-refractivity contribution in [3.05, 3.63) is 30.1 Å². The molecule has 1 unspecified atom stereocenters. The average Bonchev–Trinajstić information content (AvgIpc) is 2.54. The van der Waals surface area contributed by atoms with Crippen LogP contribution in [0.25, 0.3) is 0 Å². The van der Waals surface area contributed by atoms with Gasteiger partial charge in [0, 0.05) is 30.9 Å². The lowest BCUT2D eigenvalue weighted by Crippen LogP contribution is -2.45. The third kappa shape index (κ3) is 4.55. The van der Waals surface area contributed by atoms with Crippen molar-refractivity contribution in [2.24, 2.45) is 0 Å². The topological polar surface area (TPSA) is 59.5 Å². The van der Waals surface area contributed by atoms with Gasteiger partial charge < -0.3 is 9.64 Å². The summed E-state index contributed by atoms with van der Waals surface area (Å²) >= 11 is 0. The fourth-order valence-corrected chi connectivity index (χ4v) is 2.74. The molecule has 1 aromatic rings. The summed E-state index contributed by atoms with van der Waals surface area (Å²) < 4.78 is 4.72. The lowest BCUT2D eigenvalue weighted by molar-refractivity contribution is -0.144. The largest absolute Gasteiger partial charge is 0.469 e. The fraction of sp³-hybridized carbons (Fsp3) is 0.562. The number of carbonyl (C=O) groups is 2. The first kappa shape index (κ1) is 15.5. The predicted molar refractivity (Wildman–Crippen MR) is 78.5 cm³/mol. The van der Waals surface area contributed by atoms with Crippen molar-refractivity contribution < 1.29 is 14.3 Å². The van der Waals surface area contributed by atoms with Gasteiger partial charge in [-0.3, -0.25) is 14.6 Å². The lowest BCUT2D eigenvalue weighted by atomic mass is 9.98. The molecule has 5 heteroatoms. The van der Waals surface area contributed by atoms with Crippen LogP contribution in [-0.4, -0.2) is 41.5 Å². The van der Waals surface area contributed by atoms with Crippen molar-refractivity contribution in [2.45, 2.75) is 44.6 Å². The Kier molecular flexibility index (Phi) is 5.72. The molecule has 1 aromatic heterocycles. The van der Waals surface area contributed by atoms with E-state index >= 15 is 0 Å². The normalized spacial score (nSPS) is 18.3. The minimum absolute atomic E-state index is 0.0116. The molecule has 1 atom stereocenters. The number of hydrogen-bond acceptors (Lipinski definition) is 4. The minimum Gasteiger partial charge on any atom is -0.469 e. The number of amides is 1. The van der Waals surface area contributed by atoms with E-state index in [0.29, 0.717) is 19.3 Å². The van der Waals surface area contributed by atoms with E-state index in [4.69, 9.17) is 4.74 Å². The van der Waals surface area contributed by atoms with Gasteiger partial charge in [-0.1, -0.05) is 6.07 Å². The van der Waals surface area contributed by atoms with Crippen LogP contribution in [0, 0.1) is 0 Å². The number of rotatable bonds is 5. The van der Waals surface area contributed by atoms with E-state index < -0.39 is 0 Å². The third-order valence-electron chi connectivity index (χ3n) is 3.90. The van der Waals surface area contributed by atoms with E-state index in [1.165, 1.54) is 7.11 Å². The summed E-state index contributed by atoms with van der Waals surface area (Å²) in [5.41, 5.74) is 0.923. The number of esters is 1. The first-order valence-electron chi connectivity index (χ1n) is 7.47. The van der Waals surface area contributed by atoms with Gasteiger partial charge in [0.25, 0.3) is 0 Å². The Morgan fingerprint density at radius 2 is 2.24 bits per heavy atom. The van der Waals surface area contributed by atoms with Crippen LogP contribution >= 0.6 is 0 Å². The summed E-state index contributed by atoms with van der Waals surface area (Å²) in [4.78, 5) is 29.9. The highest BCUT2D eigenvalue weighted by Crippen LogP contribution is 2.21. The molecule has 1 aliphatic heterocycles. The average molecular weight is 290 g/mol. The number of pyridine rings is 1. The van der Waals surface area contributed by atoms with Crippen molar-refractivity contribution in [3.63, 3.8) is 0 Å². The maximum absolute atomic E-state index is 12.4. The second-order valence-electron chi connectivity index (χ2n) is 5.34. The number of hydrogen-bond donors (Lipinski definition) is 0. The zero-order chi connectivity index (χ0) is 15.1. The predicted octanol–water partition coefficient (Wildman–Crippen LogP) is 1.96. The number of piperidine rings is 1. The third-order valence-corrected chi connectivity index (χ3v) is 3.90. The van der Waals surface area contributed by atoms with Crippen LogP contribution in [-0.2, 0) is 20.7 Å². The van der Waals surface area contributed by atoms with Crippen molar-refractivity contribution in [3.8, 4) is 0 Å². The molecule has 0 N–H and O–H groups in total. The number of ether oxygens (including phenoxy) is 1. The Morgan fingerprint density at radius 3 is 2.95 bits per heavy atom. The standard InChI is InChI=1S/C16H22N2O3/c1-21-16(20)12-14-7-3-5-11-18(14)15(19)9-8-13-6-2-4-10-17-13/h2,4,6,10,14H,3,5,7-9,11-12H2,1H3. The molecule has 1 fully saturated rings. The summed E-state index contributed by atoms with van der Waals surface area (Å²) in [6.07, 6.45) is 6.06. The molecular formula is C16H22N2O3. The summed E-state index contributed by atoms with van der Waals surface area (Å²) in [5, 5.41) is 0. The van der Waals surface area contributed by atoms with Crippen LogP contribution in [0.1, 0.15) is 37.8 Å². The maximum atomic E-state index is 12.4. The Bertz CT molecular complexity index is 476. The minimum atomic E-state index is -0.246. The van der Waals surface area contributed by atoms with Crippen LogP contribution in [0.5, 0.6) is 0 Å². The Hall–Kier alpha value is -1.91. The quantitative estimate of drug-likeness (QED) is 0.778. The van der Waals surface area contributed by atoms with E-state index in [1.807, 2.05) is 23.1 Å². The molecule has 0 spiro atoms. The number of aromatic nitrogens is 1. The summed E-state index contributed by atoms with van der Waals surface area (Å²) in [7, 11) is 1.39. The molecule has 114 valence electrons. The molecule has 1 amide bonds. The molecule has 1 saturated heterocycles. The van der Waals surface area contributed by atoms with Crippen molar-refractivity contribution in [2.75, 3.05) is 13.7 Å². The zero-order valence-electron chi connectivity index (χ0n) is 12.5. The highest BCUT2D eigenvalue weighted by molar-refractivity contribution is 5.78. The number of nitrogens with zero attached hydrogens (tertiary/aromatic N) is 2. The maximum Gasteiger partial charge on any atom is 0.307 e. The van der Waals surface area contributed by atoms with Gasteiger partial charge in [0.05, 0.1) is 13.5 Å². The molecule has 0 aliphatic carbocycles. The van der Waals surface area contributed by atoms with E-state index in [-0.39, 0.29) is 17.9 Å². The van der Waals surface area contributed by atoms with Crippen LogP contribution in [0.4, 0.5) is 0 Å².